The number of nitrogens with zero attached hydrogens (tertiary/aromatic N) is 2. The van der Waals surface area contributed by atoms with E-state index in [1.807, 2.05) is 6.92 Å². The average Bonchev–Trinajstić information content (AvgIpc) is 2.81. The van der Waals surface area contributed by atoms with Gasteiger partial charge in [-0.3, -0.25) is 19.3 Å². The second-order valence-corrected chi connectivity index (χ2v) is 6.81. The van der Waals surface area contributed by atoms with Crippen LogP contribution in [0.4, 0.5) is 4.79 Å². The SMILES string of the molecule is CC(=N)[C@H](C#N)C(=O)COC(=O)CN1C(=O)N[C@]2(CCCC[C@@H]2C)C1=O. The zero-order valence-corrected chi connectivity index (χ0v) is 14.8. The monoisotopic (exact) mass is 362 g/mol. The van der Waals surface area contributed by atoms with Crippen molar-refractivity contribution in [1.29, 1.82) is 10.7 Å². The summed E-state index contributed by atoms with van der Waals surface area (Å²) in [7, 11) is 0. The van der Waals surface area contributed by atoms with Crippen LogP contribution in [-0.4, -0.2) is 53.0 Å². The second-order valence-electron chi connectivity index (χ2n) is 6.81. The van der Waals surface area contributed by atoms with Crippen molar-refractivity contribution in [2.75, 3.05) is 13.2 Å². The molecule has 9 heteroatoms. The number of carbonyl (C=O) groups excluding carboxylic acids is 4. The van der Waals surface area contributed by atoms with E-state index in [0.29, 0.717) is 6.42 Å². The van der Waals surface area contributed by atoms with Crippen molar-refractivity contribution in [2.24, 2.45) is 11.8 Å². The van der Waals surface area contributed by atoms with Crippen LogP contribution in [0.1, 0.15) is 39.5 Å². The lowest BCUT2D eigenvalue weighted by Gasteiger charge is -2.36. The van der Waals surface area contributed by atoms with Crippen LogP contribution >= 0.6 is 0 Å². The number of nitrogens with one attached hydrogen (secondary N) is 2. The van der Waals surface area contributed by atoms with Gasteiger partial charge >= 0.3 is 12.0 Å². The van der Waals surface area contributed by atoms with Crippen LogP contribution in [0.15, 0.2) is 0 Å². The smallest absolute Gasteiger partial charge is 0.326 e. The molecule has 1 aliphatic carbocycles. The van der Waals surface area contributed by atoms with Gasteiger partial charge in [0.2, 0.25) is 0 Å². The maximum Gasteiger partial charge on any atom is 0.326 e. The molecule has 3 amide bonds. The van der Waals surface area contributed by atoms with Crippen molar-refractivity contribution in [3.63, 3.8) is 0 Å². The van der Waals surface area contributed by atoms with Gasteiger partial charge in [-0.25, -0.2) is 4.79 Å². The molecule has 1 saturated carbocycles. The quantitative estimate of drug-likeness (QED) is 0.406. The van der Waals surface area contributed by atoms with Crippen molar-refractivity contribution < 1.29 is 23.9 Å². The van der Waals surface area contributed by atoms with Crippen LogP contribution in [0.5, 0.6) is 0 Å². The molecular formula is C17H22N4O5. The van der Waals surface area contributed by atoms with E-state index in [1.165, 1.54) is 6.92 Å². The predicted molar refractivity (Wildman–Crippen MR) is 89.1 cm³/mol. The molecule has 9 nitrogen and oxygen atoms in total. The molecule has 2 fully saturated rings. The van der Waals surface area contributed by atoms with Gasteiger partial charge in [0.1, 0.15) is 18.0 Å². The van der Waals surface area contributed by atoms with Crippen LogP contribution in [-0.2, 0) is 19.1 Å². The number of nitriles is 1. The van der Waals surface area contributed by atoms with Gasteiger partial charge < -0.3 is 15.5 Å². The van der Waals surface area contributed by atoms with Gasteiger partial charge in [-0.05, 0) is 25.7 Å². The summed E-state index contributed by atoms with van der Waals surface area (Å²) < 4.78 is 4.79. The van der Waals surface area contributed by atoms with Crippen molar-refractivity contribution in [1.82, 2.24) is 10.2 Å². The van der Waals surface area contributed by atoms with Gasteiger partial charge in [-0.2, -0.15) is 5.26 Å². The number of amides is 3. The molecule has 2 aliphatic rings. The molecular weight excluding hydrogens is 340 g/mol. The number of rotatable bonds is 6. The van der Waals surface area contributed by atoms with E-state index < -0.39 is 48.3 Å². The number of esters is 1. The molecule has 0 aromatic heterocycles. The fourth-order valence-electron chi connectivity index (χ4n) is 3.46. The third-order valence-corrected chi connectivity index (χ3v) is 5.05. The lowest BCUT2D eigenvalue weighted by Crippen LogP contribution is -2.54. The Hall–Kier alpha value is -2.76. The van der Waals surface area contributed by atoms with E-state index in [2.05, 4.69) is 5.32 Å². The summed E-state index contributed by atoms with van der Waals surface area (Å²) in [4.78, 5) is 49.4. The van der Waals surface area contributed by atoms with E-state index in [1.54, 1.807) is 6.07 Å². The largest absolute Gasteiger partial charge is 0.456 e. The normalized spacial score (nSPS) is 26.2. The van der Waals surface area contributed by atoms with Crippen LogP contribution in [0.25, 0.3) is 0 Å². The van der Waals surface area contributed by atoms with E-state index in [0.717, 1.165) is 24.2 Å². The van der Waals surface area contributed by atoms with Crippen LogP contribution in [0.2, 0.25) is 0 Å². The Bertz CT molecular complexity index is 698. The van der Waals surface area contributed by atoms with Gasteiger partial charge in [-0.15, -0.1) is 0 Å². The zero-order valence-electron chi connectivity index (χ0n) is 14.8. The zero-order chi connectivity index (χ0) is 19.5. The summed E-state index contributed by atoms with van der Waals surface area (Å²) >= 11 is 0. The van der Waals surface area contributed by atoms with Crippen molar-refractivity contribution >= 4 is 29.4 Å². The fraction of sp³-hybridized carbons (Fsp3) is 0.647. The minimum atomic E-state index is -1.27. The first kappa shape index (κ1) is 19.6. The highest BCUT2D eigenvalue weighted by Gasteiger charge is 2.55. The number of Topliss-reactive ketones (excluding diaryl/α,β-unsaturated/α-hetero) is 1. The van der Waals surface area contributed by atoms with Crippen LogP contribution < -0.4 is 5.32 Å². The first-order valence-corrected chi connectivity index (χ1v) is 8.50. The third kappa shape index (κ3) is 3.59. The molecule has 140 valence electrons. The molecule has 0 unspecified atom stereocenters. The average molecular weight is 362 g/mol. The summed E-state index contributed by atoms with van der Waals surface area (Å²) in [5, 5.41) is 18.9. The lowest BCUT2D eigenvalue weighted by molar-refractivity contribution is -0.151. The van der Waals surface area contributed by atoms with Crippen molar-refractivity contribution in [3.05, 3.63) is 0 Å². The Morgan fingerprint density at radius 3 is 2.73 bits per heavy atom. The van der Waals surface area contributed by atoms with Gasteiger partial charge in [0.25, 0.3) is 5.91 Å². The van der Waals surface area contributed by atoms with E-state index in [-0.39, 0.29) is 11.6 Å². The molecule has 2 N–H and O–H groups in total. The van der Waals surface area contributed by atoms with E-state index in [9.17, 15) is 19.2 Å². The maximum absolute atomic E-state index is 12.7. The first-order valence-electron chi connectivity index (χ1n) is 8.50. The molecule has 1 aliphatic heterocycles. The summed E-state index contributed by atoms with van der Waals surface area (Å²) in [5.74, 6) is -3.37. The molecule has 26 heavy (non-hydrogen) atoms. The van der Waals surface area contributed by atoms with Gasteiger partial charge in [0, 0.05) is 5.71 Å². The highest BCUT2D eigenvalue weighted by atomic mass is 16.5. The number of ketones is 1. The van der Waals surface area contributed by atoms with Gasteiger partial charge in [0.05, 0.1) is 6.07 Å². The van der Waals surface area contributed by atoms with Gasteiger partial charge in [-0.1, -0.05) is 19.8 Å². The molecule has 2 rings (SSSR count). The topological polar surface area (TPSA) is 140 Å². The highest BCUT2D eigenvalue weighted by molar-refractivity contribution is 6.09. The minimum absolute atomic E-state index is 0.0257. The maximum atomic E-state index is 12.7. The van der Waals surface area contributed by atoms with Crippen LogP contribution in [0, 0.1) is 28.6 Å². The summed E-state index contributed by atoms with van der Waals surface area (Å²) in [6.45, 7) is 1.94. The molecule has 1 spiro atoms. The minimum Gasteiger partial charge on any atom is -0.456 e. The molecule has 0 aromatic carbocycles. The number of urea groups is 1. The molecule has 3 atom stereocenters. The van der Waals surface area contributed by atoms with Crippen LogP contribution in [0.3, 0.4) is 0 Å². The second kappa shape index (κ2) is 7.64. The third-order valence-electron chi connectivity index (χ3n) is 5.05. The lowest BCUT2D eigenvalue weighted by atomic mass is 9.73. The molecule has 1 heterocycles. The Morgan fingerprint density at radius 2 is 2.15 bits per heavy atom. The number of carbonyl (C=O) groups is 4. The van der Waals surface area contributed by atoms with Gasteiger partial charge in [0.15, 0.2) is 12.4 Å². The number of imide groups is 1. The fourth-order valence-corrected chi connectivity index (χ4v) is 3.46. The number of hydrogen-bond donors (Lipinski definition) is 2. The Labute approximate surface area is 151 Å². The summed E-state index contributed by atoms with van der Waals surface area (Å²) in [6, 6.07) is 1.02. The number of hydrogen-bond acceptors (Lipinski definition) is 7. The number of ether oxygens (including phenoxy) is 1. The Balaban J connectivity index is 1.96. The first-order chi connectivity index (χ1) is 12.2. The summed E-state index contributed by atoms with van der Waals surface area (Å²) in [6.07, 6.45) is 3.16. The standard InChI is InChI=1S/C17H22N4O5/c1-10-5-3-4-6-17(10)15(24)21(16(25)20-17)8-14(23)26-9-13(22)12(7-18)11(2)19/h10,12,19H,3-6,8-9H2,1-2H3,(H,20,25)/t10-,12-,17-/m0/s1. The molecule has 0 bridgehead atoms. The highest BCUT2D eigenvalue weighted by Crippen LogP contribution is 2.38. The van der Waals surface area contributed by atoms with Crippen molar-refractivity contribution in [2.45, 2.75) is 45.1 Å². The predicted octanol–water partition coefficient (Wildman–Crippen LogP) is 0.779. The Morgan fingerprint density at radius 1 is 1.46 bits per heavy atom. The molecule has 0 aromatic rings. The molecule has 0 radical (unpaired) electrons. The van der Waals surface area contributed by atoms with E-state index in [4.69, 9.17) is 15.4 Å². The van der Waals surface area contributed by atoms with E-state index >= 15 is 0 Å². The molecule has 1 saturated heterocycles. The summed E-state index contributed by atoms with van der Waals surface area (Å²) in [5.41, 5.74) is -1.11. The van der Waals surface area contributed by atoms with Crippen molar-refractivity contribution in [3.8, 4) is 6.07 Å². The Kier molecular flexibility index (Phi) is 5.75.